The Morgan fingerprint density at radius 2 is 2.32 bits per heavy atom. The summed E-state index contributed by atoms with van der Waals surface area (Å²) in [7, 11) is 0. The summed E-state index contributed by atoms with van der Waals surface area (Å²) in [4.78, 5) is 24.3. The van der Waals surface area contributed by atoms with Crippen LogP contribution in [0.15, 0.2) is 24.3 Å². The van der Waals surface area contributed by atoms with Crippen LogP contribution in [0.1, 0.15) is 25.3 Å². The molecule has 102 valence electrons. The number of amides is 1. The Morgan fingerprint density at radius 3 is 3.00 bits per heavy atom. The van der Waals surface area contributed by atoms with Crippen molar-refractivity contribution in [2.75, 3.05) is 6.61 Å². The minimum Gasteiger partial charge on any atom is -0.494 e. The number of carbonyl (C=O) groups excluding carboxylic acids is 1. The summed E-state index contributed by atoms with van der Waals surface area (Å²) in [5, 5.41) is 9.10. The van der Waals surface area contributed by atoms with E-state index < -0.39 is 12.0 Å². The third-order valence-electron chi connectivity index (χ3n) is 3.18. The molecule has 1 saturated heterocycles. The largest absolute Gasteiger partial charge is 0.494 e. The maximum atomic E-state index is 11.7. The molecule has 1 aromatic carbocycles. The molecule has 19 heavy (non-hydrogen) atoms. The van der Waals surface area contributed by atoms with Gasteiger partial charge in [0, 0.05) is 13.0 Å². The number of aliphatic carboxylic acids is 1. The number of hydrogen-bond acceptors (Lipinski definition) is 3. The summed E-state index contributed by atoms with van der Waals surface area (Å²) in [6.07, 6.45) is 0.696. The summed E-state index contributed by atoms with van der Waals surface area (Å²) >= 11 is 0. The molecule has 5 heteroatoms. The highest BCUT2D eigenvalue weighted by Crippen LogP contribution is 2.23. The lowest BCUT2D eigenvalue weighted by Crippen LogP contribution is -2.37. The highest BCUT2D eigenvalue weighted by atomic mass is 16.5. The molecule has 5 nitrogen and oxygen atoms in total. The van der Waals surface area contributed by atoms with Gasteiger partial charge in [0.25, 0.3) is 0 Å². The maximum Gasteiger partial charge on any atom is 0.326 e. The van der Waals surface area contributed by atoms with Gasteiger partial charge in [-0.1, -0.05) is 12.1 Å². The van der Waals surface area contributed by atoms with Crippen molar-refractivity contribution in [1.29, 1.82) is 0 Å². The first kappa shape index (κ1) is 13.4. The van der Waals surface area contributed by atoms with E-state index in [4.69, 9.17) is 9.84 Å². The Balaban J connectivity index is 2.13. The Morgan fingerprint density at radius 1 is 1.53 bits per heavy atom. The number of carbonyl (C=O) groups is 2. The Bertz CT molecular complexity index is 486. The minimum absolute atomic E-state index is 0.103. The van der Waals surface area contributed by atoms with Gasteiger partial charge in [-0.05, 0) is 31.0 Å². The van der Waals surface area contributed by atoms with E-state index in [-0.39, 0.29) is 5.91 Å². The molecule has 0 bridgehead atoms. The Hall–Kier alpha value is -2.04. The predicted molar refractivity (Wildman–Crippen MR) is 68.8 cm³/mol. The molecule has 0 radical (unpaired) electrons. The van der Waals surface area contributed by atoms with Crippen LogP contribution in [0.25, 0.3) is 0 Å². The van der Waals surface area contributed by atoms with Crippen molar-refractivity contribution in [2.45, 2.75) is 32.4 Å². The SMILES string of the molecule is CCOc1cccc(CN2C(=O)CC[C@@H]2C(=O)O)c1. The van der Waals surface area contributed by atoms with Gasteiger partial charge in [-0.3, -0.25) is 4.79 Å². The number of hydrogen-bond donors (Lipinski definition) is 1. The van der Waals surface area contributed by atoms with E-state index >= 15 is 0 Å². The van der Waals surface area contributed by atoms with Crippen LogP contribution < -0.4 is 4.74 Å². The molecule has 1 atom stereocenters. The maximum absolute atomic E-state index is 11.7. The van der Waals surface area contributed by atoms with E-state index in [0.29, 0.717) is 26.0 Å². The molecule has 1 heterocycles. The van der Waals surface area contributed by atoms with Crippen molar-refractivity contribution in [3.8, 4) is 5.75 Å². The topological polar surface area (TPSA) is 66.8 Å². The van der Waals surface area contributed by atoms with Crippen LogP contribution in [0.4, 0.5) is 0 Å². The van der Waals surface area contributed by atoms with Crippen molar-refractivity contribution in [2.24, 2.45) is 0 Å². The molecule has 0 saturated carbocycles. The normalized spacial score (nSPS) is 18.7. The number of ether oxygens (including phenoxy) is 1. The first-order valence-electron chi connectivity index (χ1n) is 6.36. The number of carboxylic acid groups (broad SMARTS) is 1. The lowest BCUT2D eigenvalue weighted by atomic mass is 10.1. The van der Waals surface area contributed by atoms with Gasteiger partial charge in [0.15, 0.2) is 0 Å². The zero-order valence-electron chi connectivity index (χ0n) is 10.8. The van der Waals surface area contributed by atoms with Crippen LogP contribution in [0.3, 0.4) is 0 Å². The lowest BCUT2D eigenvalue weighted by molar-refractivity contribution is -0.146. The number of rotatable bonds is 5. The quantitative estimate of drug-likeness (QED) is 0.877. The molecule has 0 unspecified atom stereocenters. The van der Waals surface area contributed by atoms with Crippen LogP contribution in [0.5, 0.6) is 5.75 Å². The van der Waals surface area contributed by atoms with Gasteiger partial charge in [0.1, 0.15) is 11.8 Å². The average molecular weight is 263 g/mol. The molecular formula is C14H17NO4. The minimum atomic E-state index is -0.938. The zero-order valence-corrected chi connectivity index (χ0v) is 10.8. The Kier molecular flexibility index (Phi) is 4.04. The van der Waals surface area contributed by atoms with Crippen molar-refractivity contribution in [3.63, 3.8) is 0 Å². The van der Waals surface area contributed by atoms with Gasteiger partial charge >= 0.3 is 5.97 Å². The molecular weight excluding hydrogens is 246 g/mol. The van der Waals surface area contributed by atoms with Crippen molar-refractivity contribution in [3.05, 3.63) is 29.8 Å². The summed E-state index contributed by atoms with van der Waals surface area (Å²) in [5.41, 5.74) is 0.882. The monoisotopic (exact) mass is 263 g/mol. The molecule has 0 spiro atoms. The van der Waals surface area contributed by atoms with Gasteiger partial charge in [-0.25, -0.2) is 4.79 Å². The zero-order chi connectivity index (χ0) is 13.8. The molecule has 2 rings (SSSR count). The molecule has 1 aliphatic rings. The van der Waals surface area contributed by atoms with E-state index in [0.717, 1.165) is 11.3 Å². The van der Waals surface area contributed by atoms with Crippen LogP contribution in [0.2, 0.25) is 0 Å². The molecule has 0 aromatic heterocycles. The summed E-state index contributed by atoms with van der Waals surface area (Å²) in [6, 6.07) is 6.69. The number of carboxylic acids is 1. The second-order valence-corrected chi connectivity index (χ2v) is 4.49. The first-order chi connectivity index (χ1) is 9.11. The summed E-state index contributed by atoms with van der Waals surface area (Å²) < 4.78 is 5.39. The van der Waals surface area contributed by atoms with Crippen molar-refractivity contribution < 1.29 is 19.4 Å². The third-order valence-corrected chi connectivity index (χ3v) is 3.18. The van der Waals surface area contributed by atoms with E-state index in [2.05, 4.69) is 0 Å². The second kappa shape index (κ2) is 5.73. The van der Waals surface area contributed by atoms with Gasteiger partial charge in [0.2, 0.25) is 5.91 Å². The number of benzene rings is 1. The highest BCUT2D eigenvalue weighted by Gasteiger charge is 2.35. The molecule has 1 amide bonds. The fourth-order valence-corrected chi connectivity index (χ4v) is 2.29. The predicted octanol–water partition coefficient (Wildman–Crippen LogP) is 1.66. The third kappa shape index (κ3) is 3.05. The summed E-state index contributed by atoms with van der Waals surface area (Å²) in [6.45, 7) is 2.79. The van der Waals surface area contributed by atoms with Gasteiger partial charge in [0.05, 0.1) is 6.61 Å². The number of likely N-dealkylation sites (tertiary alicyclic amines) is 1. The number of nitrogens with zero attached hydrogens (tertiary/aromatic N) is 1. The van der Waals surface area contributed by atoms with E-state index in [1.165, 1.54) is 4.90 Å². The van der Waals surface area contributed by atoms with Crippen LogP contribution in [-0.4, -0.2) is 34.5 Å². The fraction of sp³-hybridized carbons (Fsp3) is 0.429. The first-order valence-corrected chi connectivity index (χ1v) is 6.36. The van der Waals surface area contributed by atoms with Crippen LogP contribution in [-0.2, 0) is 16.1 Å². The molecule has 1 fully saturated rings. The van der Waals surface area contributed by atoms with E-state index in [1.807, 2.05) is 31.2 Å². The molecule has 1 aliphatic heterocycles. The second-order valence-electron chi connectivity index (χ2n) is 4.49. The van der Waals surface area contributed by atoms with Crippen LogP contribution >= 0.6 is 0 Å². The fourth-order valence-electron chi connectivity index (χ4n) is 2.29. The Labute approximate surface area is 111 Å². The van der Waals surface area contributed by atoms with Gasteiger partial charge < -0.3 is 14.7 Å². The van der Waals surface area contributed by atoms with Crippen LogP contribution in [0, 0.1) is 0 Å². The standard InChI is InChI=1S/C14H17NO4/c1-2-19-11-5-3-4-10(8-11)9-15-12(14(17)18)6-7-13(15)16/h3-5,8,12H,2,6-7,9H2,1H3,(H,17,18)/t12-/m1/s1. The molecule has 1 aromatic rings. The lowest BCUT2D eigenvalue weighted by Gasteiger charge is -2.21. The van der Waals surface area contributed by atoms with E-state index in [9.17, 15) is 9.59 Å². The highest BCUT2D eigenvalue weighted by molar-refractivity contribution is 5.87. The molecule has 1 N–H and O–H groups in total. The molecule has 0 aliphatic carbocycles. The van der Waals surface area contributed by atoms with Crippen molar-refractivity contribution in [1.82, 2.24) is 4.90 Å². The van der Waals surface area contributed by atoms with E-state index in [1.54, 1.807) is 0 Å². The average Bonchev–Trinajstić information content (AvgIpc) is 2.72. The van der Waals surface area contributed by atoms with Crippen molar-refractivity contribution >= 4 is 11.9 Å². The van der Waals surface area contributed by atoms with Gasteiger partial charge in [-0.2, -0.15) is 0 Å². The van der Waals surface area contributed by atoms with Gasteiger partial charge in [-0.15, -0.1) is 0 Å². The summed E-state index contributed by atoms with van der Waals surface area (Å²) in [5.74, 6) is -0.306. The smallest absolute Gasteiger partial charge is 0.326 e.